The fourth-order valence-corrected chi connectivity index (χ4v) is 10.5. The van der Waals surface area contributed by atoms with Gasteiger partial charge in [0, 0.05) is 41.4 Å². The zero-order valence-corrected chi connectivity index (χ0v) is 45.0. The number of carbonyl (C=O) groups is 9. The van der Waals surface area contributed by atoms with E-state index in [9.17, 15) is 53.4 Å². The Morgan fingerprint density at radius 2 is 1.21 bits per heavy atom. The summed E-state index contributed by atoms with van der Waals surface area (Å²) in [6, 6.07) is 15.5. The normalized spacial score (nSPS) is 21.2. The molecule has 22 nitrogen and oxygen atoms in total. The van der Waals surface area contributed by atoms with Gasteiger partial charge in [-0.3, -0.25) is 43.2 Å². The molecule has 4 aromatic carbocycles. The zero-order chi connectivity index (χ0) is 56.9. The summed E-state index contributed by atoms with van der Waals surface area (Å²) in [7, 11) is 1.95. The van der Waals surface area contributed by atoms with Crippen molar-refractivity contribution in [2.24, 2.45) is 22.9 Å². The maximum absolute atomic E-state index is 14.7. The van der Waals surface area contributed by atoms with Crippen molar-refractivity contribution in [1.29, 1.82) is 0 Å². The molecule has 0 saturated carbocycles. The molecule has 1 aliphatic rings. The van der Waals surface area contributed by atoms with E-state index in [0.717, 1.165) is 21.6 Å². The highest BCUT2D eigenvalue weighted by Gasteiger charge is 2.36. The molecule has 2 unspecified atom stereocenters. The first-order chi connectivity index (χ1) is 37.2. The van der Waals surface area contributed by atoms with Gasteiger partial charge in [-0.2, -0.15) is 0 Å². The number of amides is 9. The molecule has 78 heavy (non-hydrogen) atoms. The zero-order valence-electron chi connectivity index (χ0n) is 42.7. The van der Waals surface area contributed by atoms with Gasteiger partial charge in [-0.05, 0) is 97.8 Å². The maximum Gasteiger partial charge on any atom is 0.248 e. The number of halogens is 1. The third-order valence-corrected chi connectivity index (χ3v) is 15.1. The second kappa shape index (κ2) is 30.6. The van der Waals surface area contributed by atoms with Gasteiger partial charge < -0.3 is 70.4 Å². The van der Waals surface area contributed by atoms with Crippen LogP contribution >= 0.6 is 33.2 Å². The minimum absolute atomic E-state index is 0.0333. The minimum atomic E-state index is -1.74. The predicted molar refractivity (Wildman–Crippen MR) is 296 cm³/mol. The number of carbonyl (C=O) groups excluding carboxylic acids is 9. The van der Waals surface area contributed by atoms with E-state index in [2.05, 4.69) is 37.2 Å². The summed E-state index contributed by atoms with van der Waals surface area (Å²) in [5.41, 5.74) is 25.8. The molecule has 0 bridgehead atoms. The third-order valence-electron chi connectivity index (χ3n) is 12.4. The number of aliphatic hydroxyl groups is 1. The van der Waals surface area contributed by atoms with Crippen LogP contribution in [-0.4, -0.2) is 136 Å². The van der Waals surface area contributed by atoms with Crippen LogP contribution in [0.25, 0.3) is 0 Å². The SMILES string of the molecule is CC(O)C1NC(=O)[C@H](CCCCN)NC(=O)[C@@H](Cc2ccc(C(N)=O)cc2)NC(=O)[C@H](Cc2ccccc2)NC(=O)[C@H](NC(=O)[C@@H](N)Cc2ccc(Cl)cc2)CSSC[C@@H](C(=O)N[C@H](Cc2ccc(O)cc2)C(N)=O)NC1=O. The van der Waals surface area contributed by atoms with Gasteiger partial charge in [0.2, 0.25) is 53.2 Å². The van der Waals surface area contributed by atoms with Crippen LogP contribution in [0.2, 0.25) is 5.02 Å². The van der Waals surface area contributed by atoms with E-state index in [4.69, 9.17) is 34.5 Å². The van der Waals surface area contributed by atoms with Crippen molar-refractivity contribution in [1.82, 2.24) is 37.2 Å². The van der Waals surface area contributed by atoms with Crippen LogP contribution in [-0.2, 0) is 64.0 Å². The van der Waals surface area contributed by atoms with Gasteiger partial charge in [0.1, 0.15) is 48.0 Å². The molecule has 1 fully saturated rings. The Balaban J connectivity index is 1.56. The first-order valence-corrected chi connectivity index (χ1v) is 27.8. The predicted octanol–water partition coefficient (Wildman–Crippen LogP) is -0.474. The topological polar surface area (TPSA) is 382 Å². The number of hydrogen-bond acceptors (Lipinski definition) is 15. The molecule has 9 amide bonds. The van der Waals surface area contributed by atoms with Crippen molar-refractivity contribution >= 4 is 86.4 Å². The van der Waals surface area contributed by atoms with Gasteiger partial charge in [-0.25, -0.2) is 0 Å². The van der Waals surface area contributed by atoms with Crippen LogP contribution in [0.15, 0.2) is 103 Å². The largest absolute Gasteiger partial charge is 0.508 e. The van der Waals surface area contributed by atoms with Gasteiger partial charge in [-0.15, -0.1) is 0 Å². The molecular weight excluding hydrogens is 1070 g/mol. The smallest absolute Gasteiger partial charge is 0.248 e. The molecule has 1 saturated heterocycles. The number of aliphatic hydroxyl groups excluding tert-OH is 1. The lowest BCUT2D eigenvalue weighted by Crippen LogP contribution is -2.62. The van der Waals surface area contributed by atoms with Crippen LogP contribution in [0.5, 0.6) is 5.75 Å². The van der Waals surface area contributed by atoms with Gasteiger partial charge in [-0.1, -0.05) is 99.9 Å². The Labute approximate surface area is 463 Å². The number of phenols is 1. The highest BCUT2D eigenvalue weighted by molar-refractivity contribution is 8.76. The molecule has 9 atom stereocenters. The maximum atomic E-state index is 14.7. The fourth-order valence-electron chi connectivity index (χ4n) is 8.02. The van der Waals surface area contributed by atoms with Crippen LogP contribution in [0.3, 0.4) is 0 Å². The number of phenolic OH excluding ortho intramolecular Hbond substituents is 1. The summed E-state index contributed by atoms with van der Waals surface area (Å²) in [5, 5.41) is 39.8. The van der Waals surface area contributed by atoms with E-state index in [0.29, 0.717) is 40.1 Å². The van der Waals surface area contributed by atoms with Crippen LogP contribution in [0, 0.1) is 0 Å². The van der Waals surface area contributed by atoms with E-state index in [-0.39, 0.29) is 61.5 Å². The van der Waals surface area contributed by atoms with Crippen molar-refractivity contribution in [2.45, 2.75) is 106 Å². The van der Waals surface area contributed by atoms with E-state index < -0.39 is 108 Å². The summed E-state index contributed by atoms with van der Waals surface area (Å²) in [5.74, 6) is -8.39. The number of hydrogen-bond donors (Lipinski definition) is 13. The quantitative estimate of drug-likeness (QED) is 0.0417. The molecule has 0 spiro atoms. The lowest BCUT2D eigenvalue weighted by atomic mass is 10.00. The highest BCUT2D eigenvalue weighted by atomic mass is 35.5. The monoisotopic (exact) mass is 1130 g/mol. The summed E-state index contributed by atoms with van der Waals surface area (Å²) in [6.07, 6.45) is -1.33. The fraction of sp³-hybridized carbons (Fsp3) is 0.377. The molecule has 17 N–H and O–H groups in total. The molecular formula is C53H66ClN11O11S2. The van der Waals surface area contributed by atoms with Crippen LogP contribution < -0.4 is 60.2 Å². The molecule has 25 heteroatoms. The van der Waals surface area contributed by atoms with E-state index in [1.807, 2.05) is 0 Å². The van der Waals surface area contributed by atoms with Gasteiger partial charge in [0.15, 0.2) is 0 Å². The average Bonchev–Trinajstić information content (AvgIpc) is 3.41. The molecule has 1 aliphatic heterocycles. The first kappa shape index (κ1) is 61.6. The van der Waals surface area contributed by atoms with Crippen LogP contribution in [0.4, 0.5) is 0 Å². The van der Waals surface area contributed by atoms with Gasteiger partial charge in [0.25, 0.3) is 0 Å². The Kier molecular flexibility index (Phi) is 24.2. The summed E-state index contributed by atoms with van der Waals surface area (Å²) < 4.78 is 0. The van der Waals surface area contributed by atoms with Gasteiger partial charge in [0.05, 0.1) is 12.1 Å². The number of aromatic hydroxyl groups is 1. The van der Waals surface area contributed by atoms with E-state index in [1.165, 1.54) is 55.5 Å². The Morgan fingerprint density at radius 1 is 0.667 bits per heavy atom. The second-order valence-corrected chi connectivity index (χ2v) is 21.6. The number of nitrogens with two attached hydrogens (primary N) is 4. The third kappa shape index (κ3) is 19.7. The Morgan fingerprint density at radius 3 is 1.79 bits per heavy atom. The molecule has 5 rings (SSSR count). The molecule has 0 radical (unpaired) electrons. The number of benzene rings is 4. The average molecular weight is 1130 g/mol. The standard InChI is InChI=1S/C53H66ClN11O11S2/c1-29(66)44-53(76)64-43(51(74)60-39(46(58)69)24-33-14-20-36(67)21-15-33)28-78-77-27-42(63-47(70)37(56)23-31-12-18-35(54)19-13-31)52(75)62-40(25-30-7-3-2-4-8-30)50(73)61-41(26-32-10-16-34(17-11-32)45(57)68)49(72)59-38(48(71)65-44)9-5-6-22-55/h2-4,7-8,10-21,29,37-44,66-67H,5-6,9,22-28,55-56H2,1H3,(H2,57,68)(H2,58,69)(H,59,72)(H,60,74)(H,61,73)(H,62,75)(H,63,70)(H,64,76)(H,65,71)/t29?,37-,38-,39+,40-,41+,42+,43-,44?/m0/s1. The van der Waals surface area contributed by atoms with E-state index in [1.54, 1.807) is 54.6 Å². The van der Waals surface area contributed by atoms with Crippen molar-refractivity contribution in [3.05, 3.63) is 136 Å². The second-order valence-electron chi connectivity index (χ2n) is 18.6. The summed E-state index contributed by atoms with van der Waals surface area (Å²) in [4.78, 5) is 125. The number of nitrogens with one attached hydrogen (secondary N) is 7. The van der Waals surface area contributed by atoms with E-state index >= 15 is 0 Å². The van der Waals surface area contributed by atoms with Gasteiger partial charge >= 0.3 is 0 Å². The Hall–Kier alpha value is -7.22. The number of unbranched alkanes of at least 4 members (excludes halogenated alkanes) is 1. The lowest BCUT2D eigenvalue weighted by Gasteiger charge is -2.29. The summed E-state index contributed by atoms with van der Waals surface area (Å²) in [6.45, 7) is 1.44. The molecule has 1 heterocycles. The number of rotatable bonds is 19. The highest BCUT2D eigenvalue weighted by Crippen LogP contribution is 2.24. The molecule has 0 aliphatic carbocycles. The molecule has 0 aromatic heterocycles. The van der Waals surface area contributed by atoms with Crippen molar-refractivity contribution in [3.63, 3.8) is 0 Å². The van der Waals surface area contributed by atoms with Crippen molar-refractivity contribution in [3.8, 4) is 5.75 Å². The summed E-state index contributed by atoms with van der Waals surface area (Å²) >= 11 is 6.07. The minimum Gasteiger partial charge on any atom is -0.508 e. The first-order valence-electron chi connectivity index (χ1n) is 25.0. The Bertz CT molecular complexity index is 2710. The molecule has 4 aromatic rings. The number of primary amides is 2. The lowest BCUT2D eigenvalue weighted by molar-refractivity contribution is -0.136. The van der Waals surface area contributed by atoms with Crippen LogP contribution in [0.1, 0.15) is 58.8 Å². The molecule has 418 valence electrons. The van der Waals surface area contributed by atoms with Crippen molar-refractivity contribution < 1.29 is 53.4 Å². The van der Waals surface area contributed by atoms with Crippen molar-refractivity contribution in [2.75, 3.05) is 18.1 Å².